The number of aromatic nitrogens is 2. The minimum Gasteiger partial charge on any atom is -0.444 e. The normalized spacial score (nSPS) is 16.0. The first-order valence-corrected chi connectivity index (χ1v) is 15.1. The molecule has 41 heavy (non-hydrogen) atoms. The summed E-state index contributed by atoms with van der Waals surface area (Å²) >= 11 is 3.27. The Morgan fingerprint density at radius 1 is 0.805 bits per heavy atom. The molecule has 0 spiro atoms. The van der Waals surface area contributed by atoms with E-state index in [0.29, 0.717) is 5.92 Å². The molecule has 0 aliphatic carbocycles. The van der Waals surface area contributed by atoms with Crippen molar-refractivity contribution in [1.29, 1.82) is 0 Å². The molecule has 9 heteroatoms. The minimum atomic E-state index is -0.412. The van der Waals surface area contributed by atoms with E-state index in [1.165, 1.54) is 11.1 Å². The van der Waals surface area contributed by atoms with Crippen LogP contribution < -0.4 is 0 Å². The monoisotopic (exact) mass is 630 g/mol. The lowest BCUT2D eigenvalue weighted by atomic mass is 9.91. The molecule has 0 aromatic carbocycles. The molecule has 0 bridgehead atoms. The van der Waals surface area contributed by atoms with E-state index in [1.807, 2.05) is 71.0 Å². The SMILES string of the molecule is Brc1ccncc1.C=C1CCN(C(=O)OC(C)(C)C)CC1.CC(C)(C)OC(=O)N1CCC(Cc2ccncc2)CC1. The third kappa shape index (κ3) is 15.0. The summed E-state index contributed by atoms with van der Waals surface area (Å²) in [6.45, 7) is 18.3. The van der Waals surface area contributed by atoms with Crippen LogP contribution in [0.5, 0.6) is 0 Å². The fourth-order valence-electron chi connectivity index (χ4n) is 4.16. The molecule has 0 unspecified atom stereocenters. The standard InChI is InChI=1S/C16H24N2O2.C11H19NO2.C5H4BrN/c1-16(2,3)20-15(19)18-10-6-14(7-11-18)12-13-4-8-17-9-5-13;1-9-5-7-12(8-6-9)10(13)14-11(2,3)4;6-5-1-3-7-4-2-5/h4-5,8-9,14H,6-7,10-12H2,1-3H3;1,5-8H2,2-4H3;1-4H. The van der Waals surface area contributed by atoms with Crippen LogP contribution in [0.15, 0.2) is 65.7 Å². The van der Waals surface area contributed by atoms with Crippen molar-refractivity contribution in [1.82, 2.24) is 19.8 Å². The molecule has 2 aliphatic heterocycles. The number of halogens is 1. The van der Waals surface area contributed by atoms with E-state index in [9.17, 15) is 9.59 Å². The average Bonchev–Trinajstić information content (AvgIpc) is 2.89. The summed E-state index contributed by atoms with van der Waals surface area (Å²) in [5.74, 6) is 0.649. The van der Waals surface area contributed by atoms with Gasteiger partial charge >= 0.3 is 12.2 Å². The van der Waals surface area contributed by atoms with Gasteiger partial charge in [-0.15, -0.1) is 0 Å². The Hall–Kier alpha value is -2.94. The van der Waals surface area contributed by atoms with E-state index >= 15 is 0 Å². The van der Waals surface area contributed by atoms with Gasteiger partial charge in [0, 0.05) is 55.4 Å². The molecule has 8 nitrogen and oxygen atoms in total. The Morgan fingerprint density at radius 2 is 1.22 bits per heavy atom. The van der Waals surface area contributed by atoms with Crippen LogP contribution in [0.2, 0.25) is 0 Å². The van der Waals surface area contributed by atoms with Crippen molar-refractivity contribution in [3.63, 3.8) is 0 Å². The highest BCUT2D eigenvalue weighted by atomic mass is 79.9. The van der Waals surface area contributed by atoms with Crippen molar-refractivity contribution < 1.29 is 19.1 Å². The van der Waals surface area contributed by atoms with Crippen LogP contribution in [0.25, 0.3) is 0 Å². The van der Waals surface area contributed by atoms with Gasteiger partial charge in [-0.1, -0.05) is 28.1 Å². The van der Waals surface area contributed by atoms with Gasteiger partial charge < -0.3 is 19.3 Å². The molecular weight excluding hydrogens is 584 g/mol. The minimum absolute atomic E-state index is 0.181. The zero-order valence-corrected chi connectivity index (χ0v) is 27.2. The van der Waals surface area contributed by atoms with Crippen molar-refractivity contribution in [3.8, 4) is 0 Å². The Balaban J connectivity index is 0.000000241. The number of hydrogen-bond acceptors (Lipinski definition) is 6. The molecule has 4 heterocycles. The maximum atomic E-state index is 12.0. The second-order valence-corrected chi connectivity index (χ2v) is 13.3. The molecule has 226 valence electrons. The van der Waals surface area contributed by atoms with Gasteiger partial charge in [0.05, 0.1) is 0 Å². The van der Waals surface area contributed by atoms with Crippen LogP contribution in [0.1, 0.15) is 72.8 Å². The van der Waals surface area contributed by atoms with Crippen LogP contribution in [0, 0.1) is 5.92 Å². The first kappa shape index (κ1) is 34.3. The first-order chi connectivity index (χ1) is 19.2. The molecule has 2 amide bonds. The number of nitrogens with zero attached hydrogens (tertiary/aromatic N) is 4. The maximum Gasteiger partial charge on any atom is 0.410 e. The van der Waals surface area contributed by atoms with Crippen LogP contribution in [0.3, 0.4) is 0 Å². The second-order valence-electron chi connectivity index (χ2n) is 12.4. The molecule has 2 aromatic rings. The third-order valence-corrected chi connectivity index (χ3v) is 6.83. The number of rotatable bonds is 2. The van der Waals surface area contributed by atoms with Crippen molar-refractivity contribution in [3.05, 3.63) is 71.2 Å². The molecule has 2 saturated heterocycles. The lowest BCUT2D eigenvalue weighted by molar-refractivity contribution is 0.0182. The predicted octanol–water partition coefficient (Wildman–Crippen LogP) is 7.69. The topological polar surface area (TPSA) is 84.9 Å². The maximum absolute atomic E-state index is 12.0. The van der Waals surface area contributed by atoms with Crippen molar-refractivity contribution in [2.24, 2.45) is 5.92 Å². The summed E-state index contributed by atoms with van der Waals surface area (Å²) in [5.41, 5.74) is 1.75. The zero-order chi connectivity index (χ0) is 30.5. The van der Waals surface area contributed by atoms with Crippen molar-refractivity contribution in [2.75, 3.05) is 26.2 Å². The molecule has 2 aromatic heterocycles. The van der Waals surface area contributed by atoms with Gasteiger partial charge in [0.1, 0.15) is 11.2 Å². The molecule has 0 atom stereocenters. The summed E-state index contributed by atoms with van der Waals surface area (Å²) in [5, 5.41) is 0. The highest BCUT2D eigenvalue weighted by molar-refractivity contribution is 9.10. The Bertz CT molecular complexity index is 1070. The Morgan fingerprint density at radius 3 is 1.61 bits per heavy atom. The van der Waals surface area contributed by atoms with Gasteiger partial charge in [-0.3, -0.25) is 9.97 Å². The second kappa shape index (κ2) is 16.5. The van der Waals surface area contributed by atoms with Gasteiger partial charge in [-0.25, -0.2) is 9.59 Å². The van der Waals surface area contributed by atoms with Crippen LogP contribution in [-0.2, 0) is 15.9 Å². The summed E-state index contributed by atoms with van der Waals surface area (Å²) < 4.78 is 11.8. The largest absolute Gasteiger partial charge is 0.444 e. The highest BCUT2D eigenvalue weighted by Crippen LogP contribution is 2.23. The van der Waals surface area contributed by atoms with Gasteiger partial charge in [0.2, 0.25) is 0 Å². The van der Waals surface area contributed by atoms with E-state index in [0.717, 1.165) is 62.8 Å². The number of pyridine rings is 2. The third-order valence-electron chi connectivity index (χ3n) is 6.30. The number of piperidine rings is 2. The summed E-state index contributed by atoms with van der Waals surface area (Å²) in [6.07, 6.45) is 11.7. The number of carbonyl (C=O) groups excluding carboxylic acids is 2. The number of hydrogen-bond donors (Lipinski definition) is 0. The Labute approximate surface area is 254 Å². The zero-order valence-electron chi connectivity index (χ0n) is 25.6. The highest BCUT2D eigenvalue weighted by Gasteiger charge is 2.27. The first-order valence-electron chi connectivity index (χ1n) is 14.3. The van der Waals surface area contributed by atoms with Crippen LogP contribution >= 0.6 is 15.9 Å². The number of ether oxygens (including phenoxy) is 2. The summed E-state index contributed by atoms with van der Waals surface area (Å²) in [4.78, 5) is 35.0. The fraction of sp³-hybridized carbons (Fsp3) is 0.562. The summed E-state index contributed by atoms with van der Waals surface area (Å²) in [7, 11) is 0. The lowest BCUT2D eigenvalue weighted by Gasteiger charge is -2.33. The average molecular weight is 632 g/mol. The number of likely N-dealkylation sites (tertiary alicyclic amines) is 2. The molecular formula is C32H47BrN4O4. The predicted molar refractivity (Wildman–Crippen MR) is 167 cm³/mol. The van der Waals surface area contributed by atoms with Gasteiger partial charge in [0.15, 0.2) is 0 Å². The van der Waals surface area contributed by atoms with Gasteiger partial charge in [-0.2, -0.15) is 0 Å². The van der Waals surface area contributed by atoms with Crippen molar-refractivity contribution in [2.45, 2.75) is 84.8 Å². The number of carbonyl (C=O) groups is 2. The molecule has 0 saturated carbocycles. The smallest absolute Gasteiger partial charge is 0.410 e. The molecule has 4 rings (SSSR count). The Kier molecular flexibility index (Phi) is 13.8. The lowest BCUT2D eigenvalue weighted by Crippen LogP contribution is -2.42. The number of amides is 2. The van der Waals surface area contributed by atoms with E-state index < -0.39 is 11.2 Å². The summed E-state index contributed by atoms with van der Waals surface area (Å²) in [6, 6.07) is 7.92. The molecule has 0 N–H and O–H groups in total. The van der Waals surface area contributed by atoms with E-state index in [-0.39, 0.29) is 12.2 Å². The molecule has 2 aliphatic rings. The van der Waals surface area contributed by atoms with Crippen molar-refractivity contribution >= 4 is 28.1 Å². The molecule has 2 fully saturated rings. The van der Waals surface area contributed by atoms with Gasteiger partial charge in [0.25, 0.3) is 0 Å². The van der Waals surface area contributed by atoms with Crippen LogP contribution in [0.4, 0.5) is 9.59 Å². The van der Waals surface area contributed by atoms with E-state index in [2.05, 4.69) is 44.6 Å². The van der Waals surface area contributed by atoms with E-state index in [1.54, 1.807) is 17.3 Å². The van der Waals surface area contributed by atoms with Crippen LogP contribution in [-0.4, -0.2) is 69.3 Å². The fourth-order valence-corrected chi connectivity index (χ4v) is 4.40. The molecule has 0 radical (unpaired) electrons. The van der Waals surface area contributed by atoms with E-state index in [4.69, 9.17) is 9.47 Å². The quantitative estimate of drug-likeness (QED) is 0.316. The van der Waals surface area contributed by atoms with Gasteiger partial charge in [-0.05, 0) is 109 Å².